The van der Waals surface area contributed by atoms with E-state index in [0.29, 0.717) is 13.0 Å². The Balaban J connectivity index is 2.30. The van der Waals surface area contributed by atoms with Crippen LogP contribution in [0.15, 0.2) is 0 Å². The van der Waals surface area contributed by atoms with Gasteiger partial charge in [0.25, 0.3) is 0 Å². The Morgan fingerprint density at radius 2 is 2.36 bits per heavy atom. The zero-order valence-corrected chi connectivity index (χ0v) is 8.32. The van der Waals surface area contributed by atoms with Crippen LogP contribution < -0.4 is 0 Å². The molecular weight excluding hydrogens is 184 g/mol. The SMILES string of the molecule is Cc1nc(CCN(C)CC(=O)O)n[nH]1. The highest BCUT2D eigenvalue weighted by atomic mass is 16.4. The molecule has 78 valence electrons. The fraction of sp³-hybridized carbons (Fsp3) is 0.625. The van der Waals surface area contributed by atoms with E-state index in [2.05, 4.69) is 15.2 Å². The quantitative estimate of drug-likeness (QED) is 0.677. The smallest absolute Gasteiger partial charge is 0.317 e. The lowest BCUT2D eigenvalue weighted by Gasteiger charge is -2.11. The lowest BCUT2D eigenvalue weighted by atomic mass is 10.4. The summed E-state index contributed by atoms with van der Waals surface area (Å²) in [6, 6.07) is 0. The Hall–Kier alpha value is -1.43. The molecule has 1 aromatic heterocycles. The first kappa shape index (κ1) is 10.6. The lowest BCUT2D eigenvalue weighted by molar-refractivity contribution is -0.137. The number of aryl methyl sites for hydroxylation is 1. The second-order valence-electron chi connectivity index (χ2n) is 3.22. The average Bonchev–Trinajstić information content (AvgIpc) is 2.47. The van der Waals surface area contributed by atoms with Gasteiger partial charge in [-0.1, -0.05) is 0 Å². The van der Waals surface area contributed by atoms with E-state index >= 15 is 0 Å². The number of rotatable bonds is 5. The predicted molar refractivity (Wildman–Crippen MR) is 50.0 cm³/mol. The van der Waals surface area contributed by atoms with Crippen LogP contribution in [0.2, 0.25) is 0 Å². The van der Waals surface area contributed by atoms with Gasteiger partial charge in [0.1, 0.15) is 5.82 Å². The van der Waals surface area contributed by atoms with Gasteiger partial charge in [-0.05, 0) is 14.0 Å². The number of carbonyl (C=O) groups is 1. The van der Waals surface area contributed by atoms with Crippen LogP contribution in [0.1, 0.15) is 11.6 Å². The van der Waals surface area contributed by atoms with Gasteiger partial charge in [0.15, 0.2) is 5.82 Å². The molecular formula is C8H14N4O2. The normalized spacial score (nSPS) is 10.8. The van der Waals surface area contributed by atoms with E-state index in [1.54, 1.807) is 11.9 Å². The van der Waals surface area contributed by atoms with Crippen molar-refractivity contribution in [1.29, 1.82) is 0 Å². The molecule has 0 saturated carbocycles. The predicted octanol–water partition coefficient (Wildman–Crippen LogP) is -0.328. The molecule has 0 aromatic carbocycles. The molecule has 0 unspecified atom stereocenters. The van der Waals surface area contributed by atoms with Crippen molar-refractivity contribution in [3.05, 3.63) is 11.6 Å². The number of H-pyrrole nitrogens is 1. The van der Waals surface area contributed by atoms with Gasteiger partial charge >= 0.3 is 5.97 Å². The molecule has 1 heterocycles. The van der Waals surface area contributed by atoms with Gasteiger partial charge in [-0.2, -0.15) is 5.10 Å². The van der Waals surface area contributed by atoms with Crippen molar-refractivity contribution in [3.8, 4) is 0 Å². The second-order valence-corrected chi connectivity index (χ2v) is 3.22. The van der Waals surface area contributed by atoms with Crippen LogP contribution in [0, 0.1) is 6.92 Å². The summed E-state index contributed by atoms with van der Waals surface area (Å²) in [5.41, 5.74) is 0. The third-order valence-electron chi connectivity index (χ3n) is 1.77. The standard InChI is InChI=1S/C8H14N4O2/c1-6-9-7(11-10-6)3-4-12(2)5-8(13)14/h3-5H2,1-2H3,(H,13,14)(H,9,10,11). The van der Waals surface area contributed by atoms with Crippen molar-refractivity contribution in [2.24, 2.45) is 0 Å². The maximum absolute atomic E-state index is 10.3. The summed E-state index contributed by atoms with van der Waals surface area (Å²) >= 11 is 0. The number of aromatic amines is 1. The van der Waals surface area contributed by atoms with Crippen LogP contribution in [0.25, 0.3) is 0 Å². The molecule has 2 N–H and O–H groups in total. The maximum Gasteiger partial charge on any atom is 0.317 e. The average molecular weight is 198 g/mol. The molecule has 0 aliphatic rings. The van der Waals surface area contributed by atoms with Crippen LogP contribution >= 0.6 is 0 Å². The third-order valence-corrected chi connectivity index (χ3v) is 1.77. The highest BCUT2D eigenvalue weighted by Gasteiger charge is 2.06. The summed E-state index contributed by atoms with van der Waals surface area (Å²) in [5, 5.41) is 15.2. The molecule has 0 aliphatic heterocycles. The maximum atomic E-state index is 10.3. The minimum absolute atomic E-state index is 0.0450. The zero-order valence-electron chi connectivity index (χ0n) is 8.32. The van der Waals surface area contributed by atoms with Crippen LogP contribution in [0.3, 0.4) is 0 Å². The minimum atomic E-state index is -0.821. The molecule has 0 saturated heterocycles. The Labute approximate surface area is 82.0 Å². The Morgan fingerprint density at radius 1 is 1.64 bits per heavy atom. The van der Waals surface area contributed by atoms with Gasteiger partial charge in [-0.15, -0.1) is 0 Å². The van der Waals surface area contributed by atoms with Gasteiger partial charge in [0, 0.05) is 13.0 Å². The van der Waals surface area contributed by atoms with Gasteiger partial charge in [0.05, 0.1) is 6.54 Å². The first-order valence-electron chi connectivity index (χ1n) is 4.36. The summed E-state index contributed by atoms with van der Waals surface area (Å²) in [4.78, 5) is 16.2. The molecule has 6 heteroatoms. The lowest BCUT2D eigenvalue weighted by Crippen LogP contribution is -2.27. The number of nitrogens with one attached hydrogen (secondary N) is 1. The number of carboxylic acids is 1. The van der Waals surface area contributed by atoms with Crippen LogP contribution in [-0.4, -0.2) is 51.3 Å². The molecule has 0 radical (unpaired) electrons. The second kappa shape index (κ2) is 4.71. The Kier molecular flexibility index (Phi) is 3.58. The van der Waals surface area contributed by atoms with Crippen LogP contribution in [0.4, 0.5) is 0 Å². The number of likely N-dealkylation sites (N-methyl/N-ethyl adjacent to an activating group) is 1. The molecule has 1 aromatic rings. The molecule has 0 aliphatic carbocycles. The number of hydrogen-bond donors (Lipinski definition) is 2. The molecule has 14 heavy (non-hydrogen) atoms. The Bertz CT molecular complexity index is 310. The van der Waals surface area contributed by atoms with Crippen molar-refractivity contribution in [2.45, 2.75) is 13.3 Å². The Morgan fingerprint density at radius 3 is 2.86 bits per heavy atom. The monoisotopic (exact) mass is 198 g/mol. The molecule has 1 rings (SSSR count). The molecule has 0 atom stereocenters. The summed E-state index contributed by atoms with van der Waals surface area (Å²) in [6.45, 7) is 2.52. The largest absolute Gasteiger partial charge is 0.480 e. The van der Waals surface area contributed by atoms with Crippen molar-refractivity contribution in [1.82, 2.24) is 20.1 Å². The molecule has 0 bridgehead atoms. The van der Waals surface area contributed by atoms with Gasteiger partial charge in [-0.3, -0.25) is 14.8 Å². The number of nitrogens with zero attached hydrogens (tertiary/aromatic N) is 3. The number of aromatic nitrogens is 3. The van der Waals surface area contributed by atoms with E-state index < -0.39 is 5.97 Å². The van der Waals surface area contributed by atoms with E-state index in [1.165, 1.54) is 0 Å². The van der Waals surface area contributed by atoms with Gasteiger partial charge in [0.2, 0.25) is 0 Å². The van der Waals surface area contributed by atoms with Crippen molar-refractivity contribution >= 4 is 5.97 Å². The first-order valence-corrected chi connectivity index (χ1v) is 4.36. The van der Waals surface area contributed by atoms with E-state index in [9.17, 15) is 4.79 Å². The first-order chi connectivity index (χ1) is 6.58. The van der Waals surface area contributed by atoms with Crippen molar-refractivity contribution in [3.63, 3.8) is 0 Å². The van der Waals surface area contributed by atoms with Crippen molar-refractivity contribution < 1.29 is 9.90 Å². The number of carboxylic acid groups (broad SMARTS) is 1. The fourth-order valence-corrected chi connectivity index (χ4v) is 1.10. The van der Waals surface area contributed by atoms with E-state index in [0.717, 1.165) is 11.6 Å². The summed E-state index contributed by atoms with van der Waals surface area (Å²) < 4.78 is 0. The summed E-state index contributed by atoms with van der Waals surface area (Å²) in [7, 11) is 1.76. The van der Waals surface area contributed by atoms with E-state index in [-0.39, 0.29) is 6.54 Å². The molecule has 0 spiro atoms. The van der Waals surface area contributed by atoms with E-state index in [1.807, 2.05) is 6.92 Å². The van der Waals surface area contributed by atoms with Gasteiger partial charge < -0.3 is 5.11 Å². The molecule has 0 amide bonds. The highest BCUT2D eigenvalue weighted by Crippen LogP contribution is 1.93. The third kappa shape index (κ3) is 3.53. The van der Waals surface area contributed by atoms with E-state index in [4.69, 9.17) is 5.11 Å². The molecule has 6 nitrogen and oxygen atoms in total. The van der Waals surface area contributed by atoms with Crippen LogP contribution in [0.5, 0.6) is 0 Å². The summed E-state index contributed by atoms with van der Waals surface area (Å²) in [5.74, 6) is 0.680. The molecule has 0 fully saturated rings. The minimum Gasteiger partial charge on any atom is -0.480 e. The highest BCUT2D eigenvalue weighted by molar-refractivity contribution is 5.68. The number of hydrogen-bond acceptors (Lipinski definition) is 4. The van der Waals surface area contributed by atoms with Gasteiger partial charge in [-0.25, -0.2) is 4.98 Å². The summed E-state index contributed by atoms with van der Waals surface area (Å²) in [6.07, 6.45) is 0.661. The zero-order chi connectivity index (χ0) is 10.6. The fourth-order valence-electron chi connectivity index (χ4n) is 1.10. The van der Waals surface area contributed by atoms with Crippen LogP contribution in [-0.2, 0) is 11.2 Å². The topological polar surface area (TPSA) is 82.1 Å². The van der Waals surface area contributed by atoms with Crippen molar-refractivity contribution in [2.75, 3.05) is 20.1 Å². The number of aliphatic carboxylic acids is 1.